The highest BCUT2D eigenvalue weighted by Gasteiger charge is 2.24. The van der Waals surface area contributed by atoms with Crippen molar-refractivity contribution in [1.29, 1.82) is 0 Å². The van der Waals surface area contributed by atoms with Crippen molar-refractivity contribution in [3.05, 3.63) is 38.0 Å². The second-order valence-electron chi connectivity index (χ2n) is 2.17. The van der Waals surface area contributed by atoms with Crippen LogP contribution in [0.5, 0.6) is 0 Å². The molecule has 0 bridgehead atoms. The lowest BCUT2D eigenvalue weighted by molar-refractivity contribution is -0.183. The Bertz CT molecular complexity index is 208. The summed E-state index contributed by atoms with van der Waals surface area (Å²) in [6.45, 7) is 9.92. The summed E-state index contributed by atoms with van der Waals surface area (Å²) in [6, 6.07) is 0. The fraction of sp³-hybridized carbons (Fsp3) is 0.222. The van der Waals surface area contributed by atoms with E-state index in [0.717, 1.165) is 12.2 Å². The van der Waals surface area contributed by atoms with Gasteiger partial charge in [0, 0.05) is 12.5 Å². The van der Waals surface area contributed by atoms with Gasteiger partial charge in [0.15, 0.2) is 0 Å². The summed E-state index contributed by atoms with van der Waals surface area (Å²) in [6.07, 6.45) is 3.64. The summed E-state index contributed by atoms with van der Waals surface area (Å²) in [4.78, 5) is 10.7. The van der Waals surface area contributed by atoms with Gasteiger partial charge >= 0.3 is 5.97 Å². The molecule has 0 radical (unpaired) electrons. The smallest absolute Gasteiger partial charge is 0.332 e. The first-order chi connectivity index (χ1) is 5.58. The summed E-state index contributed by atoms with van der Waals surface area (Å²) in [5, 5.41) is 9.44. The van der Waals surface area contributed by atoms with Gasteiger partial charge in [0.25, 0.3) is 0 Å². The maximum atomic E-state index is 10.7. The van der Waals surface area contributed by atoms with Crippen LogP contribution in [0.15, 0.2) is 38.0 Å². The molecule has 1 unspecified atom stereocenters. The van der Waals surface area contributed by atoms with E-state index >= 15 is 0 Å². The zero-order valence-electron chi connectivity index (χ0n) is 6.82. The van der Waals surface area contributed by atoms with Crippen molar-refractivity contribution in [3.8, 4) is 0 Å². The molecule has 66 valence electrons. The molecule has 0 aromatic rings. The zero-order chi connectivity index (χ0) is 9.61. The summed E-state index contributed by atoms with van der Waals surface area (Å²) in [7, 11) is 0. The van der Waals surface area contributed by atoms with Crippen LogP contribution in [-0.4, -0.2) is 16.9 Å². The van der Waals surface area contributed by atoms with Gasteiger partial charge in [0.1, 0.15) is 0 Å². The van der Waals surface area contributed by atoms with Crippen LogP contribution in [0.2, 0.25) is 0 Å². The van der Waals surface area contributed by atoms with E-state index in [-0.39, 0.29) is 6.42 Å². The fourth-order valence-electron chi connectivity index (χ4n) is 0.589. The highest BCUT2D eigenvalue weighted by Crippen LogP contribution is 2.14. The quantitative estimate of drug-likeness (QED) is 0.290. The summed E-state index contributed by atoms with van der Waals surface area (Å²) in [5.74, 6) is -2.35. The first-order valence-corrected chi connectivity index (χ1v) is 3.40. The second-order valence-corrected chi connectivity index (χ2v) is 2.17. The molecule has 0 amide bonds. The van der Waals surface area contributed by atoms with Crippen molar-refractivity contribution in [2.45, 2.75) is 12.2 Å². The molecule has 0 aliphatic rings. The highest BCUT2D eigenvalue weighted by molar-refractivity contribution is 5.81. The van der Waals surface area contributed by atoms with Gasteiger partial charge in [-0.2, -0.15) is 0 Å². The number of esters is 1. The molecular weight excluding hydrogens is 156 g/mol. The monoisotopic (exact) mass is 168 g/mol. The van der Waals surface area contributed by atoms with Crippen molar-refractivity contribution in [1.82, 2.24) is 0 Å². The average molecular weight is 168 g/mol. The molecule has 3 heteroatoms. The van der Waals surface area contributed by atoms with Gasteiger partial charge in [-0.1, -0.05) is 19.2 Å². The molecule has 0 aromatic carbocycles. The van der Waals surface area contributed by atoms with E-state index in [1.807, 2.05) is 0 Å². The van der Waals surface area contributed by atoms with Crippen LogP contribution >= 0.6 is 0 Å². The maximum absolute atomic E-state index is 10.7. The van der Waals surface area contributed by atoms with Crippen molar-refractivity contribution in [2.24, 2.45) is 0 Å². The van der Waals surface area contributed by atoms with Crippen LogP contribution in [0.3, 0.4) is 0 Å². The van der Waals surface area contributed by atoms with Crippen molar-refractivity contribution < 1.29 is 14.6 Å². The third-order valence-corrected chi connectivity index (χ3v) is 1.20. The zero-order valence-corrected chi connectivity index (χ0v) is 6.82. The number of carbonyl (C=O) groups excluding carboxylic acids is 1. The lowest BCUT2D eigenvalue weighted by Crippen LogP contribution is -2.31. The van der Waals surface area contributed by atoms with Crippen LogP contribution < -0.4 is 0 Å². The Hall–Kier alpha value is -1.35. The second kappa shape index (κ2) is 4.51. The Morgan fingerprint density at radius 1 is 1.50 bits per heavy atom. The van der Waals surface area contributed by atoms with E-state index in [2.05, 4.69) is 24.5 Å². The van der Waals surface area contributed by atoms with Crippen LogP contribution in [0, 0.1) is 0 Å². The lowest BCUT2D eigenvalue weighted by atomic mass is 10.2. The number of hydrogen-bond donors (Lipinski definition) is 1. The summed E-state index contributed by atoms with van der Waals surface area (Å²) in [5.41, 5.74) is 0. The number of rotatable bonds is 5. The van der Waals surface area contributed by atoms with Gasteiger partial charge in [-0.05, 0) is 6.08 Å². The molecule has 0 aliphatic heterocycles. The van der Waals surface area contributed by atoms with E-state index in [1.165, 1.54) is 6.08 Å². The van der Waals surface area contributed by atoms with Crippen LogP contribution in [-0.2, 0) is 9.53 Å². The Balaban J connectivity index is 4.31. The minimum atomic E-state index is -1.66. The van der Waals surface area contributed by atoms with Crippen molar-refractivity contribution in [2.75, 3.05) is 0 Å². The molecule has 0 aromatic heterocycles. The Kier molecular flexibility index (Phi) is 4.00. The van der Waals surface area contributed by atoms with Gasteiger partial charge in [-0.15, -0.1) is 6.58 Å². The van der Waals surface area contributed by atoms with Gasteiger partial charge in [0.2, 0.25) is 5.79 Å². The summed E-state index contributed by atoms with van der Waals surface area (Å²) >= 11 is 0. The van der Waals surface area contributed by atoms with Crippen LogP contribution in [0.1, 0.15) is 6.42 Å². The lowest BCUT2D eigenvalue weighted by Gasteiger charge is -2.21. The first kappa shape index (κ1) is 10.7. The van der Waals surface area contributed by atoms with E-state index in [4.69, 9.17) is 0 Å². The molecule has 0 aliphatic carbocycles. The predicted molar refractivity (Wildman–Crippen MR) is 46.2 cm³/mol. The molecule has 0 fully saturated rings. The third kappa shape index (κ3) is 3.16. The number of aliphatic hydroxyl groups is 1. The molecule has 0 saturated heterocycles. The van der Waals surface area contributed by atoms with E-state index < -0.39 is 11.8 Å². The standard InChI is InChI=1S/C9H12O3/c1-4-7-9(11,6-3)12-8(10)5-2/h4-6,11H,1-3,7H2. The molecule has 1 N–H and O–H groups in total. The molecule has 1 atom stereocenters. The minimum absolute atomic E-state index is 0.107. The maximum Gasteiger partial charge on any atom is 0.332 e. The van der Waals surface area contributed by atoms with Crippen molar-refractivity contribution >= 4 is 5.97 Å². The van der Waals surface area contributed by atoms with Gasteiger partial charge in [-0.25, -0.2) is 4.79 Å². The fourth-order valence-corrected chi connectivity index (χ4v) is 0.589. The molecule has 0 rings (SSSR count). The Morgan fingerprint density at radius 2 is 2.08 bits per heavy atom. The molecule has 3 nitrogen and oxygen atoms in total. The topological polar surface area (TPSA) is 46.5 Å². The SMILES string of the molecule is C=CCC(O)(C=C)OC(=O)C=C. The largest absolute Gasteiger partial charge is 0.426 e. The number of ether oxygens (including phenoxy) is 1. The van der Waals surface area contributed by atoms with E-state index in [0.29, 0.717) is 0 Å². The molecule has 12 heavy (non-hydrogen) atoms. The molecule has 0 saturated carbocycles. The highest BCUT2D eigenvalue weighted by atomic mass is 16.7. The van der Waals surface area contributed by atoms with Crippen LogP contribution in [0.25, 0.3) is 0 Å². The van der Waals surface area contributed by atoms with Gasteiger partial charge < -0.3 is 9.84 Å². The normalized spacial score (nSPS) is 14.1. The van der Waals surface area contributed by atoms with E-state index in [9.17, 15) is 9.90 Å². The molecule has 0 spiro atoms. The van der Waals surface area contributed by atoms with Crippen molar-refractivity contribution in [3.63, 3.8) is 0 Å². The van der Waals surface area contributed by atoms with E-state index in [1.54, 1.807) is 0 Å². The number of hydrogen-bond acceptors (Lipinski definition) is 3. The van der Waals surface area contributed by atoms with Gasteiger partial charge in [0.05, 0.1) is 0 Å². The third-order valence-electron chi connectivity index (χ3n) is 1.20. The molecular formula is C9H12O3. The summed E-state index contributed by atoms with van der Waals surface area (Å²) < 4.78 is 4.59. The first-order valence-electron chi connectivity index (χ1n) is 3.40. The number of carbonyl (C=O) groups is 1. The predicted octanol–water partition coefficient (Wildman–Crippen LogP) is 1.17. The molecule has 0 heterocycles. The Morgan fingerprint density at radius 3 is 2.42 bits per heavy atom. The van der Waals surface area contributed by atoms with Crippen LogP contribution in [0.4, 0.5) is 0 Å². The average Bonchev–Trinajstić information content (AvgIpc) is 2.05. The minimum Gasteiger partial charge on any atom is -0.426 e. The van der Waals surface area contributed by atoms with Gasteiger partial charge in [-0.3, -0.25) is 0 Å². The Labute approximate surface area is 71.7 Å².